The first kappa shape index (κ1) is 18.3. The molecule has 1 saturated heterocycles. The van der Waals surface area contributed by atoms with Crippen LogP contribution in [0.15, 0.2) is 100 Å². The van der Waals surface area contributed by atoms with E-state index in [1.807, 2.05) is 85.8 Å². The minimum Gasteiger partial charge on any atom is -0.345 e. The number of aryl methyl sites for hydroxylation is 1. The van der Waals surface area contributed by atoms with Gasteiger partial charge >= 0.3 is 5.97 Å². The van der Waals surface area contributed by atoms with Gasteiger partial charge in [0.15, 0.2) is 5.70 Å². The van der Waals surface area contributed by atoms with Crippen molar-refractivity contribution in [2.24, 2.45) is 9.98 Å². The number of anilines is 1. The van der Waals surface area contributed by atoms with Gasteiger partial charge < -0.3 is 4.84 Å². The normalized spacial score (nSPS) is 20.6. The molecule has 2 aliphatic heterocycles. The van der Waals surface area contributed by atoms with Gasteiger partial charge in [0.1, 0.15) is 0 Å². The van der Waals surface area contributed by atoms with Gasteiger partial charge in [-0.25, -0.2) is 14.8 Å². The maximum atomic E-state index is 12.7. The molecule has 0 bridgehead atoms. The zero-order chi connectivity index (χ0) is 20.5. The van der Waals surface area contributed by atoms with Crippen molar-refractivity contribution in [1.82, 2.24) is 5.59 Å². The lowest BCUT2D eigenvalue weighted by molar-refractivity contribution is -0.140. The maximum Gasteiger partial charge on any atom is 0.378 e. The van der Waals surface area contributed by atoms with Crippen molar-refractivity contribution in [3.05, 3.63) is 112 Å². The van der Waals surface area contributed by atoms with Gasteiger partial charge in [-0.15, -0.1) is 0 Å². The smallest absolute Gasteiger partial charge is 0.345 e. The Bertz CT molecular complexity index is 1250. The number of hydrogen-bond acceptors (Lipinski definition) is 6. The number of hydrazine groups is 1. The summed E-state index contributed by atoms with van der Waals surface area (Å²) in [6.07, 6.45) is 0.479. The highest BCUT2D eigenvalue weighted by Gasteiger charge is 2.34. The van der Waals surface area contributed by atoms with Crippen LogP contribution in [0.4, 0.5) is 5.69 Å². The Hall–Kier alpha value is -3.77. The number of carbonyl (C=O) groups excluding carboxylic acids is 1. The van der Waals surface area contributed by atoms with Crippen molar-refractivity contribution in [1.29, 1.82) is 0 Å². The van der Waals surface area contributed by atoms with Crippen LogP contribution in [0.1, 0.15) is 23.6 Å². The molecule has 1 fully saturated rings. The standard InChI is InChI=1S/C24H20N4O2/c1-16-11-13-18(14-12-16)28-23(24(29)30-27-28)22-15-21(17-7-3-2-4-8-17)25-19-9-5-6-10-20(19)26-22/h2-14,21,27H,15H2,1H3/b23-22+. The Labute approximate surface area is 173 Å². The van der Waals surface area contributed by atoms with Crippen molar-refractivity contribution in [2.45, 2.75) is 19.4 Å². The van der Waals surface area contributed by atoms with Crippen LogP contribution in [-0.4, -0.2) is 5.97 Å². The highest BCUT2D eigenvalue weighted by atomic mass is 16.7. The fourth-order valence-corrected chi connectivity index (χ4v) is 3.67. The van der Waals surface area contributed by atoms with Gasteiger partial charge in [-0.05, 0) is 36.8 Å². The number of hydrogen-bond donors (Lipinski definition) is 1. The van der Waals surface area contributed by atoms with Crippen LogP contribution in [-0.2, 0) is 9.63 Å². The molecule has 0 saturated carbocycles. The van der Waals surface area contributed by atoms with Crippen LogP contribution < -0.4 is 21.3 Å². The van der Waals surface area contributed by atoms with E-state index in [1.54, 1.807) is 5.01 Å². The van der Waals surface area contributed by atoms with E-state index < -0.39 is 5.97 Å². The predicted octanol–water partition coefficient (Wildman–Crippen LogP) is 3.07. The third kappa shape index (κ3) is 3.38. The lowest BCUT2D eigenvalue weighted by Gasteiger charge is -2.18. The highest BCUT2D eigenvalue weighted by molar-refractivity contribution is 5.95. The summed E-state index contributed by atoms with van der Waals surface area (Å²) in [7, 11) is 0. The number of benzene rings is 3. The monoisotopic (exact) mass is 396 g/mol. The molecule has 3 aromatic carbocycles. The topological polar surface area (TPSA) is 66.3 Å². The van der Waals surface area contributed by atoms with E-state index in [9.17, 15) is 4.79 Å². The SMILES string of the molecule is Cc1ccc(N2NOC(=O)/C2=C2/CC(c3ccccc3)N=c3ccccc3=N2)cc1. The van der Waals surface area contributed by atoms with E-state index in [1.165, 1.54) is 0 Å². The lowest BCUT2D eigenvalue weighted by Crippen LogP contribution is -2.29. The summed E-state index contributed by atoms with van der Waals surface area (Å²) in [5, 5.41) is 3.20. The molecule has 1 atom stereocenters. The van der Waals surface area contributed by atoms with Gasteiger partial charge in [-0.3, -0.25) is 4.99 Å². The second-order valence-electron chi connectivity index (χ2n) is 7.31. The number of rotatable bonds is 2. The van der Waals surface area contributed by atoms with E-state index in [2.05, 4.69) is 5.59 Å². The molecule has 0 radical (unpaired) electrons. The molecule has 30 heavy (non-hydrogen) atoms. The number of carbonyl (C=O) groups is 1. The zero-order valence-corrected chi connectivity index (χ0v) is 16.4. The van der Waals surface area contributed by atoms with Crippen LogP contribution in [0.2, 0.25) is 0 Å². The molecule has 5 rings (SSSR count). The first-order valence-electron chi connectivity index (χ1n) is 9.82. The molecule has 6 nitrogen and oxygen atoms in total. The fourth-order valence-electron chi connectivity index (χ4n) is 3.67. The van der Waals surface area contributed by atoms with Gasteiger partial charge in [0.05, 0.1) is 28.1 Å². The third-order valence-electron chi connectivity index (χ3n) is 5.22. The predicted molar refractivity (Wildman–Crippen MR) is 112 cm³/mol. The minimum atomic E-state index is -0.458. The fraction of sp³-hybridized carbons (Fsp3) is 0.125. The van der Waals surface area contributed by atoms with Gasteiger partial charge in [0.2, 0.25) is 0 Å². The first-order valence-corrected chi connectivity index (χ1v) is 9.82. The Morgan fingerprint density at radius 2 is 1.63 bits per heavy atom. The van der Waals surface area contributed by atoms with Crippen LogP contribution in [0.3, 0.4) is 0 Å². The van der Waals surface area contributed by atoms with Gasteiger partial charge in [-0.2, -0.15) is 0 Å². The van der Waals surface area contributed by atoms with Crippen LogP contribution >= 0.6 is 0 Å². The minimum absolute atomic E-state index is 0.158. The molecular weight excluding hydrogens is 376 g/mol. The Kier molecular flexibility index (Phi) is 4.61. The number of fused-ring (bicyclic) bond motifs is 1. The zero-order valence-electron chi connectivity index (χ0n) is 16.4. The Morgan fingerprint density at radius 3 is 2.40 bits per heavy atom. The van der Waals surface area contributed by atoms with E-state index >= 15 is 0 Å². The Morgan fingerprint density at radius 1 is 0.933 bits per heavy atom. The molecule has 0 spiro atoms. The van der Waals surface area contributed by atoms with E-state index in [-0.39, 0.29) is 6.04 Å². The molecular formula is C24H20N4O2. The molecule has 2 heterocycles. The summed E-state index contributed by atoms with van der Waals surface area (Å²) in [5.41, 5.74) is 6.75. The molecule has 0 aromatic heterocycles. The third-order valence-corrected chi connectivity index (χ3v) is 5.22. The van der Waals surface area contributed by atoms with Crippen molar-refractivity contribution < 1.29 is 9.63 Å². The van der Waals surface area contributed by atoms with Crippen molar-refractivity contribution in [2.75, 3.05) is 5.01 Å². The molecule has 148 valence electrons. The number of para-hydroxylation sites is 2. The Balaban J connectivity index is 1.70. The summed E-state index contributed by atoms with van der Waals surface area (Å²) in [6.45, 7) is 2.02. The molecule has 0 amide bonds. The van der Waals surface area contributed by atoms with E-state index in [0.29, 0.717) is 17.8 Å². The quantitative estimate of drug-likeness (QED) is 0.676. The van der Waals surface area contributed by atoms with Gasteiger partial charge in [0.25, 0.3) is 0 Å². The van der Waals surface area contributed by atoms with Crippen molar-refractivity contribution in [3.8, 4) is 0 Å². The van der Waals surface area contributed by atoms with Gasteiger partial charge in [0, 0.05) is 6.42 Å². The average Bonchev–Trinajstić information content (AvgIpc) is 3.05. The molecule has 2 aliphatic rings. The highest BCUT2D eigenvalue weighted by Crippen LogP contribution is 2.32. The summed E-state index contributed by atoms with van der Waals surface area (Å²) in [4.78, 5) is 27.7. The molecule has 1 N–H and O–H groups in total. The summed E-state index contributed by atoms with van der Waals surface area (Å²) in [6, 6.07) is 25.5. The number of nitrogens with one attached hydrogen (secondary N) is 1. The van der Waals surface area contributed by atoms with Crippen molar-refractivity contribution >= 4 is 11.7 Å². The molecule has 6 heteroatoms. The van der Waals surface area contributed by atoms with Crippen LogP contribution in [0.25, 0.3) is 0 Å². The van der Waals surface area contributed by atoms with Crippen molar-refractivity contribution in [3.63, 3.8) is 0 Å². The average molecular weight is 396 g/mol. The molecule has 0 aliphatic carbocycles. The second-order valence-corrected chi connectivity index (χ2v) is 7.31. The first-order chi connectivity index (χ1) is 14.7. The molecule has 1 unspecified atom stereocenters. The number of nitrogens with zero attached hydrogens (tertiary/aromatic N) is 3. The second kappa shape index (κ2) is 7.57. The summed E-state index contributed by atoms with van der Waals surface area (Å²) >= 11 is 0. The van der Waals surface area contributed by atoms with Crippen LogP contribution in [0, 0.1) is 6.92 Å². The van der Waals surface area contributed by atoms with E-state index in [4.69, 9.17) is 14.8 Å². The largest absolute Gasteiger partial charge is 0.378 e. The summed E-state index contributed by atoms with van der Waals surface area (Å²) in [5.74, 6) is -0.458. The van der Waals surface area contributed by atoms with Gasteiger partial charge in [-0.1, -0.05) is 65.7 Å². The van der Waals surface area contributed by atoms with Crippen LogP contribution in [0.5, 0.6) is 0 Å². The van der Waals surface area contributed by atoms with E-state index in [0.717, 1.165) is 27.5 Å². The molecule has 3 aromatic rings. The lowest BCUT2D eigenvalue weighted by atomic mass is 10.0. The maximum absolute atomic E-state index is 12.7. The summed E-state index contributed by atoms with van der Waals surface area (Å²) < 4.78 is 0.